The maximum absolute atomic E-state index is 11.8. The number of carbonyl (C=O) groups is 2. The van der Waals surface area contributed by atoms with E-state index in [4.69, 9.17) is 21.7 Å². The van der Waals surface area contributed by atoms with Crippen LogP contribution in [0, 0.1) is 0 Å². The maximum atomic E-state index is 11.8. The molecule has 4 atom stereocenters. The Morgan fingerprint density at radius 1 is 1.00 bits per heavy atom. The number of carbonyl (C=O) groups excluding carboxylic acids is 2. The quantitative estimate of drug-likeness (QED) is 0.405. The van der Waals surface area contributed by atoms with Crippen LogP contribution in [0.4, 0.5) is 0 Å². The molecule has 0 N–H and O–H groups in total. The second-order valence-electron chi connectivity index (χ2n) is 8.52. The summed E-state index contributed by atoms with van der Waals surface area (Å²) in [5.74, 6) is -0.498. The molecule has 3 rings (SSSR count). The Labute approximate surface area is 180 Å². The summed E-state index contributed by atoms with van der Waals surface area (Å²) in [6, 6.07) is 19.1. The van der Waals surface area contributed by atoms with E-state index in [1.807, 2.05) is 36.4 Å². The topological polar surface area (TPSA) is 61.8 Å². The van der Waals surface area contributed by atoms with Crippen LogP contribution in [0.1, 0.15) is 27.7 Å². The van der Waals surface area contributed by atoms with Gasteiger partial charge in [-0.1, -0.05) is 81.4 Å². The molecule has 1 aliphatic rings. The van der Waals surface area contributed by atoms with Crippen LogP contribution in [-0.4, -0.2) is 52.7 Å². The molecule has 0 unspecified atom stereocenters. The van der Waals surface area contributed by atoms with Crippen molar-refractivity contribution in [2.75, 3.05) is 0 Å². The van der Waals surface area contributed by atoms with E-state index < -0.39 is 38.6 Å². The summed E-state index contributed by atoms with van der Waals surface area (Å²) >= 11 is 0. The molecule has 30 heavy (non-hydrogen) atoms. The fourth-order valence-electron chi connectivity index (χ4n) is 4.18. The molecule has 1 saturated heterocycles. The molecule has 0 amide bonds. The average Bonchev–Trinajstić information content (AvgIpc) is 3.00. The van der Waals surface area contributed by atoms with E-state index in [9.17, 15) is 9.59 Å². The second-order valence-corrected chi connectivity index (χ2v) is 12.8. The summed E-state index contributed by atoms with van der Waals surface area (Å²) in [6.45, 7) is 7.70. The summed E-state index contributed by atoms with van der Waals surface area (Å²) in [4.78, 5) is 23.5. The third kappa shape index (κ3) is 4.15. The Morgan fingerprint density at radius 2 is 1.50 bits per heavy atom. The lowest BCUT2D eigenvalue weighted by atomic mass is 9.93. The van der Waals surface area contributed by atoms with Crippen molar-refractivity contribution < 1.29 is 23.5 Å². The number of rotatable bonds is 6. The lowest BCUT2D eigenvalue weighted by Gasteiger charge is -2.45. The highest BCUT2D eigenvalue weighted by Gasteiger charge is 2.56. The minimum atomic E-state index is -2.98. The van der Waals surface area contributed by atoms with Crippen molar-refractivity contribution in [3.63, 3.8) is 0 Å². The van der Waals surface area contributed by atoms with Gasteiger partial charge in [-0.3, -0.25) is 4.79 Å². The number of aldehydes is 1. The van der Waals surface area contributed by atoms with Gasteiger partial charge in [-0.25, -0.2) is 0 Å². The molecule has 0 bridgehead atoms. The summed E-state index contributed by atoms with van der Waals surface area (Å²) in [7, 11) is 3.09. The summed E-state index contributed by atoms with van der Waals surface area (Å²) in [5.41, 5.74) is 0. The second kappa shape index (κ2) is 8.88. The standard InChI is InChI=1S/C23H27BO5Si/c1-16(26)27-21-20(19(15-25)28-22(21)24)29-30(23(2,3)4,17-11-7-5-8-12-17)18-13-9-6-10-14-18/h5-15,19-22H,1-4H3/t19-,20-,21+,22-/m1/s1. The first-order chi connectivity index (χ1) is 14.2. The summed E-state index contributed by atoms with van der Waals surface area (Å²) < 4.78 is 18.0. The molecule has 0 saturated carbocycles. The predicted molar refractivity (Wildman–Crippen MR) is 119 cm³/mol. The molecule has 0 aliphatic carbocycles. The normalized spacial score (nSPS) is 24.4. The summed E-state index contributed by atoms with van der Waals surface area (Å²) in [6.07, 6.45) is -1.94. The fraction of sp³-hybridized carbons (Fsp3) is 0.391. The molecule has 5 nitrogen and oxygen atoms in total. The fourth-order valence-corrected chi connectivity index (χ4v) is 8.87. The smallest absolute Gasteiger partial charge is 0.303 e. The molecule has 1 aliphatic heterocycles. The summed E-state index contributed by atoms with van der Waals surface area (Å²) in [5, 5.41) is 1.79. The van der Waals surface area contributed by atoms with Gasteiger partial charge in [-0.2, -0.15) is 0 Å². The molecular weight excluding hydrogens is 395 g/mol. The van der Waals surface area contributed by atoms with Gasteiger partial charge in [0.05, 0.1) is 6.00 Å². The first-order valence-corrected chi connectivity index (χ1v) is 11.9. The minimum absolute atomic E-state index is 0.309. The Morgan fingerprint density at radius 3 is 1.90 bits per heavy atom. The SMILES string of the molecule is [B][C@@H]1O[C@H](C=O)[C@@H](O[Si](c2ccccc2)(c2ccccc2)C(C)(C)C)[C@@H]1OC(C)=O. The zero-order valence-electron chi connectivity index (χ0n) is 17.8. The van der Waals surface area contributed by atoms with Gasteiger partial charge in [-0.15, -0.1) is 0 Å². The van der Waals surface area contributed by atoms with E-state index >= 15 is 0 Å². The van der Waals surface area contributed by atoms with Crippen LogP contribution in [0.2, 0.25) is 5.04 Å². The molecule has 7 heteroatoms. The van der Waals surface area contributed by atoms with E-state index in [1.54, 1.807) is 0 Å². The Balaban J connectivity index is 2.19. The zero-order chi connectivity index (χ0) is 21.9. The molecule has 156 valence electrons. The van der Waals surface area contributed by atoms with Gasteiger partial charge in [0.2, 0.25) is 0 Å². The van der Waals surface area contributed by atoms with Gasteiger partial charge in [0, 0.05) is 6.92 Å². The van der Waals surface area contributed by atoms with Crippen LogP contribution in [-0.2, 0) is 23.5 Å². The van der Waals surface area contributed by atoms with Gasteiger partial charge in [0.25, 0.3) is 8.32 Å². The Kier molecular flexibility index (Phi) is 6.65. The van der Waals surface area contributed by atoms with E-state index in [-0.39, 0.29) is 5.04 Å². The van der Waals surface area contributed by atoms with Crippen molar-refractivity contribution in [3.8, 4) is 0 Å². The van der Waals surface area contributed by atoms with E-state index in [0.29, 0.717) is 6.29 Å². The van der Waals surface area contributed by atoms with Crippen molar-refractivity contribution in [1.82, 2.24) is 0 Å². The highest BCUT2D eigenvalue weighted by molar-refractivity contribution is 6.99. The van der Waals surface area contributed by atoms with Gasteiger partial charge in [0.15, 0.2) is 6.29 Å². The third-order valence-electron chi connectivity index (χ3n) is 5.45. The Bertz CT molecular complexity index is 829. The molecule has 0 spiro atoms. The molecule has 0 aromatic heterocycles. The highest BCUT2D eigenvalue weighted by Crippen LogP contribution is 2.40. The number of ether oxygens (including phenoxy) is 2. The van der Waals surface area contributed by atoms with E-state index in [2.05, 4.69) is 45.0 Å². The zero-order valence-corrected chi connectivity index (χ0v) is 18.8. The molecular formula is C23H27BO5Si. The average molecular weight is 422 g/mol. The van der Waals surface area contributed by atoms with Gasteiger partial charge in [0.1, 0.15) is 26.2 Å². The molecule has 2 aromatic rings. The van der Waals surface area contributed by atoms with Crippen LogP contribution >= 0.6 is 0 Å². The van der Waals surface area contributed by atoms with E-state index in [0.717, 1.165) is 10.4 Å². The van der Waals surface area contributed by atoms with Gasteiger partial charge >= 0.3 is 5.97 Å². The van der Waals surface area contributed by atoms with Crippen molar-refractivity contribution in [2.45, 2.75) is 57.0 Å². The number of hydrogen-bond donors (Lipinski definition) is 0. The monoisotopic (exact) mass is 422 g/mol. The maximum Gasteiger partial charge on any atom is 0.303 e. The predicted octanol–water partition coefficient (Wildman–Crippen LogP) is 1.96. The van der Waals surface area contributed by atoms with Crippen LogP contribution in [0.25, 0.3) is 0 Å². The van der Waals surface area contributed by atoms with Gasteiger partial charge < -0.3 is 18.7 Å². The third-order valence-corrected chi connectivity index (χ3v) is 10.5. The first kappa shape index (κ1) is 22.5. The van der Waals surface area contributed by atoms with Crippen LogP contribution in [0.15, 0.2) is 60.7 Å². The molecule has 1 heterocycles. The van der Waals surface area contributed by atoms with Crippen molar-refractivity contribution in [1.29, 1.82) is 0 Å². The largest absolute Gasteiger partial charge is 0.458 e. The lowest BCUT2D eigenvalue weighted by molar-refractivity contribution is -0.150. The first-order valence-electron chi connectivity index (χ1n) is 10.0. The van der Waals surface area contributed by atoms with Crippen molar-refractivity contribution in [3.05, 3.63) is 60.7 Å². The van der Waals surface area contributed by atoms with Gasteiger partial charge in [-0.05, 0) is 15.4 Å². The number of hydrogen-bond acceptors (Lipinski definition) is 5. The van der Waals surface area contributed by atoms with Crippen molar-refractivity contribution >= 4 is 38.8 Å². The van der Waals surface area contributed by atoms with Crippen LogP contribution in [0.3, 0.4) is 0 Å². The van der Waals surface area contributed by atoms with Crippen molar-refractivity contribution in [2.24, 2.45) is 0 Å². The number of benzene rings is 2. The van der Waals surface area contributed by atoms with E-state index in [1.165, 1.54) is 6.92 Å². The lowest BCUT2D eigenvalue weighted by Crippen LogP contribution is -2.69. The molecule has 2 radical (unpaired) electrons. The number of esters is 1. The molecule has 2 aromatic carbocycles. The highest BCUT2D eigenvalue weighted by atomic mass is 28.4. The Hall–Kier alpha value is -2.22. The molecule has 1 fully saturated rings. The van der Waals surface area contributed by atoms with Crippen LogP contribution < -0.4 is 10.4 Å². The van der Waals surface area contributed by atoms with Crippen LogP contribution in [0.5, 0.6) is 0 Å². The minimum Gasteiger partial charge on any atom is -0.458 e.